The Balaban J connectivity index is 1.65. The highest BCUT2D eigenvalue weighted by Crippen LogP contribution is 2.28. The fourth-order valence-electron chi connectivity index (χ4n) is 2.75. The van der Waals surface area contributed by atoms with E-state index in [1.807, 2.05) is 48.7 Å². The highest BCUT2D eigenvalue weighted by atomic mass is 32.2. The zero-order chi connectivity index (χ0) is 21.3. The fraction of sp³-hybridized carbons (Fsp3) is 0.227. The number of benzene rings is 2. The van der Waals surface area contributed by atoms with Gasteiger partial charge in [0.05, 0.1) is 23.6 Å². The number of nitrogens with one attached hydrogen (secondary N) is 2. The van der Waals surface area contributed by atoms with Gasteiger partial charge in [-0.3, -0.25) is 14.9 Å². The molecule has 8 heteroatoms. The number of aryl methyl sites for hydroxylation is 1. The van der Waals surface area contributed by atoms with E-state index in [1.165, 1.54) is 23.1 Å². The zero-order valence-corrected chi connectivity index (χ0v) is 18.4. The van der Waals surface area contributed by atoms with Gasteiger partial charge < -0.3 is 10.1 Å². The number of methoxy groups -OCH3 is 1. The molecule has 0 bridgehead atoms. The second-order valence-electron chi connectivity index (χ2n) is 6.43. The summed E-state index contributed by atoms with van der Waals surface area (Å²) >= 11 is 2.71. The summed E-state index contributed by atoms with van der Waals surface area (Å²) in [7, 11) is 1.59. The number of hydrogen-bond donors (Lipinski definition) is 2. The monoisotopic (exact) mass is 441 g/mol. The molecule has 2 N–H and O–H groups in total. The molecule has 0 aliphatic carbocycles. The van der Waals surface area contributed by atoms with Gasteiger partial charge in [0.15, 0.2) is 5.13 Å². The van der Waals surface area contributed by atoms with Gasteiger partial charge in [-0.15, -0.1) is 23.1 Å². The first-order valence-electron chi connectivity index (χ1n) is 9.39. The Morgan fingerprint density at radius 2 is 1.90 bits per heavy atom. The van der Waals surface area contributed by atoms with Crippen molar-refractivity contribution in [3.63, 3.8) is 0 Å². The van der Waals surface area contributed by atoms with Crippen molar-refractivity contribution >= 4 is 40.0 Å². The topological polar surface area (TPSA) is 80.3 Å². The molecular formula is C22H23N3O3S2. The molecule has 3 aromatic rings. The number of rotatable bonds is 9. The normalized spacial score (nSPS) is 10.6. The van der Waals surface area contributed by atoms with Crippen molar-refractivity contribution in [3.8, 4) is 11.3 Å². The van der Waals surface area contributed by atoms with Crippen molar-refractivity contribution in [2.45, 2.75) is 11.8 Å². The van der Waals surface area contributed by atoms with Gasteiger partial charge in [0.1, 0.15) is 0 Å². The molecule has 0 fully saturated rings. The number of ether oxygens (including phenoxy) is 1. The summed E-state index contributed by atoms with van der Waals surface area (Å²) in [5, 5.41) is 8.12. The number of aromatic nitrogens is 1. The van der Waals surface area contributed by atoms with Gasteiger partial charge in [-0.2, -0.15) is 0 Å². The minimum Gasteiger partial charge on any atom is -0.383 e. The summed E-state index contributed by atoms with van der Waals surface area (Å²) in [5.74, 6) is -0.124. The number of hydrogen-bond acceptors (Lipinski definition) is 6. The molecule has 0 saturated heterocycles. The summed E-state index contributed by atoms with van der Waals surface area (Å²) in [4.78, 5) is 30.1. The van der Waals surface area contributed by atoms with Gasteiger partial charge in [-0.05, 0) is 24.6 Å². The predicted molar refractivity (Wildman–Crippen MR) is 122 cm³/mol. The molecule has 2 aromatic carbocycles. The van der Waals surface area contributed by atoms with Crippen LogP contribution in [-0.4, -0.2) is 42.8 Å². The first kappa shape index (κ1) is 22.0. The van der Waals surface area contributed by atoms with Crippen LogP contribution < -0.4 is 10.6 Å². The van der Waals surface area contributed by atoms with E-state index in [0.717, 1.165) is 21.7 Å². The summed E-state index contributed by atoms with van der Waals surface area (Å²) in [6.07, 6.45) is 0. The smallest absolute Gasteiger partial charge is 0.258 e. The van der Waals surface area contributed by atoms with Crippen LogP contribution in [0, 0.1) is 6.92 Å². The molecule has 156 valence electrons. The van der Waals surface area contributed by atoms with E-state index in [4.69, 9.17) is 4.74 Å². The number of carbonyl (C=O) groups excluding carboxylic acids is 2. The van der Waals surface area contributed by atoms with Crippen molar-refractivity contribution in [1.82, 2.24) is 10.3 Å². The molecule has 0 unspecified atom stereocenters. The molecule has 0 saturated carbocycles. The van der Waals surface area contributed by atoms with E-state index in [-0.39, 0.29) is 17.6 Å². The van der Waals surface area contributed by atoms with Crippen molar-refractivity contribution in [1.29, 1.82) is 0 Å². The van der Waals surface area contributed by atoms with Gasteiger partial charge in [0.2, 0.25) is 5.91 Å². The fourth-order valence-corrected chi connectivity index (χ4v) is 4.33. The lowest BCUT2D eigenvalue weighted by atomic mass is 10.1. The summed E-state index contributed by atoms with van der Waals surface area (Å²) < 4.78 is 4.92. The highest BCUT2D eigenvalue weighted by Gasteiger charge is 2.15. The maximum Gasteiger partial charge on any atom is 0.258 e. The van der Waals surface area contributed by atoms with Crippen LogP contribution in [0.5, 0.6) is 0 Å². The maximum absolute atomic E-state index is 12.8. The van der Waals surface area contributed by atoms with Gasteiger partial charge in [0, 0.05) is 29.5 Å². The molecule has 0 atom stereocenters. The van der Waals surface area contributed by atoms with Crippen LogP contribution in [0.3, 0.4) is 0 Å². The van der Waals surface area contributed by atoms with Crippen molar-refractivity contribution < 1.29 is 14.3 Å². The Morgan fingerprint density at radius 3 is 2.70 bits per heavy atom. The van der Waals surface area contributed by atoms with Crippen LogP contribution in [0.15, 0.2) is 58.8 Å². The molecule has 0 aliphatic heterocycles. The third-order valence-corrected chi connectivity index (χ3v) is 6.10. The van der Waals surface area contributed by atoms with Crippen LogP contribution >= 0.6 is 23.1 Å². The highest BCUT2D eigenvalue weighted by molar-refractivity contribution is 8.00. The Labute approximate surface area is 184 Å². The molecule has 1 heterocycles. The molecule has 0 aliphatic rings. The molecule has 30 heavy (non-hydrogen) atoms. The van der Waals surface area contributed by atoms with Crippen LogP contribution in [0.25, 0.3) is 11.3 Å². The SMILES string of the molecule is COCCNC(=O)CSc1ccccc1C(=O)Nc1nc(-c2ccccc2C)cs1. The number of amides is 2. The van der Waals surface area contributed by atoms with Crippen molar-refractivity contribution in [2.24, 2.45) is 0 Å². The van der Waals surface area contributed by atoms with Gasteiger partial charge in [-0.1, -0.05) is 36.4 Å². The molecule has 2 amide bonds. The predicted octanol–water partition coefficient (Wildman–Crippen LogP) is 4.23. The van der Waals surface area contributed by atoms with Crippen LogP contribution in [0.1, 0.15) is 15.9 Å². The molecule has 0 spiro atoms. The lowest BCUT2D eigenvalue weighted by Crippen LogP contribution is -2.28. The molecular weight excluding hydrogens is 418 g/mol. The van der Waals surface area contributed by atoms with Gasteiger partial charge in [-0.25, -0.2) is 4.98 Å². The number of thioether (sulfide) groups is 1. The second kappa shape index (κ2) is 10.9. The standard InChI is InChI=1S/C22H23N3O3S2/c1-15-7-3-4-8-16(15)18-13-30-22(24-18)25-21(27)17-9-5-6-10-19(17)29-14-20(26)23-11-12-28-2/h3-10,13H,11-12,14H2,1-2H3,(H,23,26)(H,24,25,27). The molecule has 3 rings (SSSR count). The van der Waals surface area contributed by atoms with E-state index in [9.17, 15) is 9.59 Å². The lowest BCUT2D eigenvalue weighted by molar-refractivity contribution is -0.118. The third-order valence-electron chi connectivity index (χ3n) is 4.26. The van der Waals surface area contributed by atoms with Crippen LogP contribution in [0.2, 0.25) is 0 Å². The number of thiazole rings is 1. The minimum atomic E-state index is -0.247. The summed E-state index contributed by atoms with van der Waals surface area (Å²) in [6, 6.07) is 15.2. The Hall–Kier alpha value is -2.68. The Kier molecular flexibility index (Phi) is 8.01. The Morgan fingerprint density at radius 1 is 1.13 bits per heavy atom. The molecule has 1 aromatic heterocycles. The van der Waals surface area contributed by atoms with E-state index in [2.05, 4.69) is 15.6 Å². The van der Waals surface area contributed by atoms with Crippen molar-refractivity contribution in [3.05, 3.63) is 65.0 Å². The van der Waals surface area contributed by atoms with Gasteiger partial charge in [0.25, 0.3) is 5.91 Å². The van der Waals surface area contributed by atoms with E-state index >= 15 is 0 Å². The largest absolute Gasteiger partial charge is 0.383 e. The average molecular weight is 442 g/mol. The number of nitrogens with zero attached hydrogens (tertiary/aromatic N) is 1. The third kappa shape index (κ3) is 5.91. The first-order valence-corrected chi connectivity index (χ1v) is 11.3. The molecule has 0 radical (unpaired) electrons. The van der Waals surface area contributed by atoms with Crippen LogP contribution in [-0.2, 0) is 9.53 Å². The zero-order valence-electron chi connectivity index (χ0n) is 16.8. The second-order valence-corrected chi connectivity index (χ2v) is 8.31. The van der Waals surface area contributed by atoms with E-state index < -0.39 is 0 Å². The summed E-state index contributed by atoms with van der Waals surface area (Å²) in [6.45, 7) is 2.96. The van der Waals surface area contributed by atoms with E-state index in [1.54, 1.807) is 19.2 Å². The lowest BCUT2D eigenvalue weighted by Gasteiger charge is -2.09. The minimum absolute atomic E-state index is 0.102. The number of carbonyl (C=O) groups is 2. The van der Waals surface area contributed by atoms with Gasteiger partial charge >= 0.3 is 0 Å². The van der Waals surface area contributed by atoms with E-state index in [0.29, 0.717) is 23.8 Å². The average Bonchev–Trinajstić information content (AvgIpc) is 3.21. The summed E-state index contributed by atoms with van der Waals surface area (Å²) in [5.41, 5.74) is 3.53. The maximum atomic E-state index is 12.8. The first-order chi connectivity index (χ1) is 14.6. The molecule has 6 nitrogen and oxygen atoms in total. The quantitative estimate of drug-likeness (QED) is 0.384. The Bertz CT molecular complexity index is 1020. The van der Waals surface area contributed by atoms with Crippen LogP contribution in [0.4, 0.5) is 5.13 Å². The number of anilines is 1. The van der Waals surface area contributed by atoms with Crippen molar-refractivity contribution in [2.75, 3.05) is 31.3 Å².